The molecule has 1 atom stereocenters. The number of benzene rings is 2. The van der Waals surface area contributed by atoms with Crippen LogP contribution in [0, 0.1) is 0 Å². The Labute approximate surface area is 156 Å². The minimum Gasteiger partial charge on any atom is -0.480 e. The lowest BCUT2D eigenvalue weighted by Crippen LogP contribution is -2.36. The largest absolute Gasteiger partial charge is 0.480 e. The zero-order valence-corrected chi connectivity index (χ0v) is 14.8. The van der Waals surface area contributed by atoms with Crippen molar-refractivity contribution < 1.29 is 9.90 Å². The average molecular weight is 365 g/mol. The van der Waals surface area contributed by atoms with E-state index in [4.69, 9.17) is 5.73 Å². The fourth-order valence-electron chi connectivity index (χ4n) is 2.86. The maximum atomic E-state index is 11.3. The summed E-state index contributed by atoms with van der Waals surface area (Å²) in [6.45, 7) is 0. The quantitative estimate of drug-likeness (QED) is 0.669. The zero-order valence-electron chi connectivity index (χ0n) is 14.0. The maximum absolute atomic E-state index is 11.3. The van der Waals surface area contributed by atoms with E-state index in [9.17, 15) is 9.90 Å². The maximum Gasteiger partial charge on any atom is 0.321 e. The van der Waals surface area contributed by atoms with Crippen LogP contribution in [0.25, 0.3) is 0 Å². The summed E-state index contributed by atoms with van der Waals surface area (Å²) < 4.78 is -0.656. The van der Waals surface area contributed by atoms with Gasteiger partial charge in [0.1, 0.15) is 12.4 Å². The van der Waals surface area contributed by atoms with Crippen LogP contribution in [0.15, 0.2) is 79.4 Å². The van der Waals surface area contributed by atoms with Crippen LogP contribution < -0.4 is 5.73 Å². The topological polar surface area (TPSA) is 89.1 Å². The van der Waals surface area contributed by atoms with Crippen molar-refractivity contribution >= 4 is 17.7 Å². The highest BCUT2D eigenvalue weighted by atomic mass is 32.2. The molecule has 0 aliphatic rings. The van der Waals surface area contributed by atoms with Gasteiger partial charge in [-0.05, 0) is 11.1 Å². The summed E-state index contributed by atoms with van der Waals surface area (Å²) in [4.78, 5) is 19.6. The minimum absolute atomic E-state index is 0.244. The number of hydrogen-bond acceptors (Lipinski definition) is 5. The Morgan fingerprint density at radius 3 is 1.92 bits per heavy atom. The van der Waals surface area contributed by atoms with Gasteiger partial charge in [-0.3, -0.25) is 4.79 Å². The summed E-state index contributed by atoms with van der Waals surface area (Å²) in [7, 11) is 0. The second kappa shape index (κ2) is 8.12. The van der Waals surface area contributed by atoms with Crippen molar-refractivity contribution in [1.82, 2.24) is 9.97 Å². The lowest BCUT2D eigenvalue weighted by atomic mass is 9.85. The van der Waals surface area contributed by atoms with Crippen molar-refractivity contribution in [3.63, 3.8) is 0 Å². The molecule has 0 saturated heterocycles. The molecule has 5 nitrogen and oxygen atoms in total. The van der Waals surface area contributed by atoms with E-state index >= 15 is 0 Å². The highest BCUT2D eigenvalue weighted by Gasteiger charge is 2.38. The van der Waals surface area contributed by atoms with Crippen molar-refractivity contribution in [2.75, 3.05) is 5.75 Å². The SMILES string of the molecule is N[C@@H](CSC(c1ccccc1)(c1ccccc1)c1cncnc1)C(=O)O. The van der Waals surface area contributed by atoms with Crippen LogP contribution in [0.3, 0.4) is 0 Å². The normalized spacial score (nSPS) is 12.5. The van der Waals surface area contributed by atoms with Gasteiger partial charge in [0.15, 0.2) is 0 Å². The lowest BCUT2D eigenvalue weighted by molar-refractivity contribution is -0.137. The van der Waals surface area contributed by atoms with Crippen LogP contribution >= 0.6 is 11.8 Å². The highest BCUT2D eigenvalue weighted by molar-refractivity contribution is 8.00. The molecule has 1 aromatic heterocycles. The van der Waals surface area contributed by atoms with Crippen LogP contribution in [-0.2, 0) is 9.54 Å². The second-order valence-electron chi connectivity index (χ2n) is 5.80. The molecular formula is C20H19N3O2S. The predicted octanol–water partition coefficient (Wildman–Crippen LogP) is 2.91. The number of carboxylic acids is 1. The molecule has 0 aliphatic carbocycles. The summed E-state index contributed by atoms with van der Waals surface area (Å²) in [5.41, 5.74) is 8.72. The van der Waals surface area contributed by atoms with Crippen molar-refractivity contribution in [2.24, 2.45) is 5.73 Å². The van der Waals surface area contributed by atoms with Gasteiger partial charge in [-0.1, -0.05) is 60.7 Å². The molecule has 3 rings (SSSR count). The smallest absolute Gasteiger partial charge is 0.321 e. The molecule has 0 unspecified atom stereocenters. The van der Waals surface area contributed by atoms with Crippen molar-refractivity contribution in [3.05, 3.63) is 96.1 Å². The third-order valence-corrected chi connectivity index (χ3v) is 5.79. The van der Waals surface area contributed by atoms with Crippen LogP contribution in [0.5, 0.6) is 0 Å². The van der Waals surface area contributed by atoms with E-state index in [0.29, 0.717) is 0 Å². The van der Waals surface area contributed by atoms with Gasteiger partial charge in [-0.25, -0.2) is 9.97 Å². The predicted molar refractivity (Wildman–Crippen MR) is 103 cm³/mol. The molecule has 132 valence electrons. The van der Waals surface area contributed by atoms with Gasteiger partial charge >= 0.3 is 5.97 Å². The zero-order chi connectivity index (χ0) is 18.4. The van der Waals surface area contributed by atoms with Crippen LogP contribution in [0.2, 0.25) is 0 Å². The summed E-state index contributed by atoms with van der Waals surface area (Å²) in [5, 5.41) is 9.23. The van der Waals surface area contributed by atoms with Gasteiger partial charge in [0.25, 0.3) is 0 Å². The molecule has 3 aromatic rings. The number of nitrogens with two attached hydrogens (primary N) is 1. The summed E-state index contributed by atoms with van der Waals surface area (Å²) >= 11 is 1.48. The highest BCUT2D eigenvalue weighted by Crippen LogP contribution is 2.48. The number of hydrogen-bond donors (Lipinski definition) is 2. The van der Waals surface area contributed by atoms with E-state index in [1.54, 1.807) is 12.4 Å². The Morgan fingerprint density at radius 2 is 1.46 bits per heavy atom. The molecule has 0 aliphatic heterocycles. The Morgan fingerprint density at radius 1 is 0.962 bits per heavy atom. The molecule has 26 heavy (non-hydrogen) atoms. The van der Waals surface area contributed by atoms with E-state index in [0.717, 1.165) is 16.7 Å². The number of thioether (sulfide) groups is 1. The third kappa shape index (κ3) is 3.61. The first-order chi connectivity index (χ1) is 12.6. The Balaban J connectivity index is 2.19. The van der Waals surface area contributed by atoms with Gasteiger partial charge in [0, 0.05) is 23.7 Å². The van der Waals surface area contributed by atoms with Crippen molar-refractivity contribution in [1.29, 1.82) is 0 Å². The number of aromatic nitrogens is 2. The standard InChI is InChI=1S/C20H19N3O2S/c21-18(19(24)25)13-26-20(15-7-3-1-4-8-15,16-9-5-2-6-10-16)17-11-22-14-23-12-17/h1-12,14,18H,13,21H2,(H,24,25)/t18-/m0/s1. The Bertz CT molecular complexity index is 748. The fourth-order valence-corrected chi connectivity index (χ4v) is 4.31. The van der Waals surface area contributed by atoms with E-state index in [1.165, 1.54) is 18.1 Å². The molecule has 0 fully saturated rings. The summed E-state index contributed by atoms with van der Waals surface area (Å²) in [6.07, 6.45) is 5.02. The molecule has 0 amide bonds. The molecule has 0 saturated carbocycles. The van der Waals surface area contributed by atoms with E-state index in [2.05, 4.69) is 9.97 Å². The molecule has 6 heteroatoms. The minimum atomic E-state index is -1.02. The second-order valence-corrected chi connectivity index (χ2v) is 7.03. The lowest BCUT2D eigenvalue weighted by Gasteiger charge is -2.35. The van der Waals surface area contributed by atoms with Gasteiger partial charge in [0.2, 0.25) is 0 Å². The summed E-state index contributed by atoms with van der Waals surface area (Å²) in [5.74, 6) is -0.773. The average Bonchev–Trinajstić information content (AvgIpc) is 2.70. The van der Waals surface area contributed by atoms with Gasteiger partial charge in [-0.15, -0.1) is 11.8 Å². The number of rotatable bonds is 7. The number of carboxylic acid groups (broad SMARTS) is 1. The molecule has 0 bridgehead atoms. The Hall–Kier alpha value is -2.70. The monoisotopic (exact) mass is 365 g/mol. The first-order valence-corrected chi connectivity index (χ1v) is 9.12. The van der Waals surface area contributed by atoms with E-state index < -0.39 is 16.8 Å². The molecular weight excluding hydrogens is 346 g/mol. The number of nitrogens with zero attached hydrogens (tertiary/aromatic N) is 2. The van der Waals surface area contributed by atoms with E-state index in [-0.39, 0.29) is 5.75 Å². The molecule has 0 radical (unpaired) electrons. The number of aliphatic carboxylic acids is 1. The van der Waals surface area contributed by atoms with Gasteiger partial charge in [-0.2, -0.15) is 0 Å². The third-order valence-electron chi connectivity index (χ3n) is 4.12. The van der Waals surface area contributed by atoms with Crippen molar-refractivity contribution in [2.45, 2.75) is 10.8 Å². The fraction of sp³-hybridized carbons (Fsp3) is 0.150. The van der Waals surface area contributed by atoms with Crippen LogP contribution in [0.1, 0.15) is 16.7 Å². The van der Waals surface area contributed by atoms with Gasteiger partial charge < -0.3 is 10.8 Å². The Kier molecular flexibility index (Phi) is 5.65. The first-order valence-electron chi connectivity index (χ1n) is 8.13. The molecule has 3 N–H and O–H groups in total. The summed E-state index contributed by atoms with van der Waals surface area (Å²) in [6, 6.07) is 18.9. The van der Waals surface area contributed by atoms with E-state index in [1.807, 2.05) is 60.7 Å². The molecule has 0 spiro atoms. The van der Waals surface area contributed by atoms with Crippen molar-refractivity contribution in [3.8, 4) is 0 Å². The van der Waals surface area contributed by atoms with Gasteiger partial charge in [0.05, 0.1) is 4.75 Å². The molecule has 2 aromatic carbocycles. The van der Waals surface area contributed by atoms with Crippen LogP contribution in [-0.4, -0.2) is 32.8 Å². The number of carbonyl (C=O) groups is 1. The first kappa shape index (κ1) is 18.1. The van der Waals surface area contributed by atoms with Crippen LogP contribution in [0.4, 0.5) is 0 Å². The molecule has 1 heterocycles.